The van der Waals surface area contributed by atoms with Crippen molar-refractivity contribution in [1.29, 1.82) is 0 Å². The Labute approximate surface area is 174 Å². The number of rotatable bonds is 4. The molecule has 2 aromatic carbocycles. The van der Waals surface area contributed by atoms with Gasteiger partial charge in [-0.2, -0.15) is 0 Å². The van der Waals surface area contributed by atoms with E-state index in [0.717, 1.165) is 5.56 Å². The number of amides is 1. The summed E-state index contributed by atoms with van der Waals surface area (Å²) in [5.74, 6) is -3.40. The predicted molar refractivity (Wildman–Crippen MR) is 114 cm³/mol. The fourth-order valence-electron chi connectivity index (χ4n) is 3.88. The topological polar surface area (TPSA) is 138 Å². The molecule has 0 fully saturated rings. The summed E-state index contributed by atoms with van der Waals surface area (Å²) < 4.78 is 0. The van der Waals surface area contributed by atoms with Crippen molar-refractivity contribution < 1.29 is 29.7 Å². The normalized spacial score (nSPS) is 18.4. The third kappa shape index (κ3) is 3.87. The Morgan fingerprint density at radius 3 is 2.43 bits per heavy atom. The van der Waals surface area contributed by atoms with Crippen LogP contribution < -0.4 is 5.73 Å². The van der Waals surface area contributed by atoms with Crippen molar-refractivity contribution >= 4 is 28.2 Å². The first-order valence-corrected chi connectivity index (χ1v) is 9.86. The Hall–Kier alpha value is -3.35. The van der Waals surface area contributed by atoms with E-state index in [1.807, 2.05) is 20.8 Å². The predicted octanol–water partition coefficient (Wildman–Crippen LogP) is 3.46. The molecule has 1 aliphatic carbocycles. The van der Waals surface area contributed by atoms with Crippen molar-refractivity contribution in [1.82, 2.24) is 0 Å². The van der Waals surface area contributed by atoms with Gasteiger partial charge in [-0.1, -0.05) is 26.8 Å². The third-order valence-corrected chi connectivity index (χ3v) is 5.55. The minimum atomic E-state index is -1.03. The van der Waals surface area contributed by atoms with Crippen LogP contribution in [0.15, 0.2) is 30.0 Å². The Morgan fingerprint density at radius 2 is 1.87 bits per heavy atom. The van der Waals surface area contributed by atoms with E-state index in [2.05, 4.69) is 0 Å². The van der Waals surface area contributed by atoms with Gasteiger partial charge in [0.05, 0.1) is 17.2 Å². The Balaban J connectivity index is 0.00000155. The molecule has 5 N–H and O–H groups in total. The number of primary amides is 1. The van der Waals surface area contributed by atoms with Gasteiger partial charge in [-0.3, -0.25) is 14.4 Å². The zero-order valence-corrected chi connectivity index (χ0v) is 17.5. The highest BCUT2D eigenvalue weighted by molar-refractivity contribution is 6.18. The molecule has 0 saturated heterocycles. The van der Waals surface area contributed by atoms with Crippen molar-refractivity contribution in [3.05, 3.63) is 46.7 Å². The summed E-state index contributed by atoms with van der Waals surface area (Å²) >= 11 is 0. The highest BCUT2D eigenvalue weighted by Gasteiger charge is 2.37. The molecule has 1 aliphatic rings. The van der Waals surface area contributed by atoms with E-state index >= 15 is 0 Å². The van der Waals surface area contributed by atoms with E-state index in [0.29, 0.717) is 23.6 Å². The lowest BCUT2D eigenvalue weighted by Gasteiger charge is -2.30. The standard InChI is InChI=1S/C21H21NO6.C2H6/c1-9-3-4-15(24)18-13(9)6-12-5-11(7-16(25)14(8-23)21(22)28)10(2)19(26)17(12)20(18)27;1-2/h3-4,6,8,10-11,23-24,27H,5,7H2,1-2H3,(H2,22,28);1-2H3/b14-8-;. The van der Waals surface area contributed by atoms with Gasteiger partial charge in [0.25, 0.3) is 5.91 Å². The monoisotopic (exact) mass is 413 g/mol. The fraction of sp³-hybridized carbons (Fsp3) is 0.348. The summed E-state index contributed by atoms with van der Waals surface area (Å²) in [5.41, 5.74) is 6.14. The number of benzene rings is 2. The molecular weight excluding hydrogens is 386 g/mol. The summed E-state index contributed by atoms with van der Waals surface area (Å²) in [6.45, 7) is 7.47. The first-order chi connectivity index (χ1) is 14.2. The van der Waals surface area contributed by atoms with E-state index < -0.39 is 29.1 Å². The molecule has 0 spiro atoms. The van der Waals surface area contributed by atoms with Crippen LogP contribution in [0.25, 0.3) is 10.8 Å². The second kappa shape index (κ2) is 8.98. The number of ketones is 2. The smallest absolute Gasteiger partial charge is 0.255 e. The number of Topliss-reactive ketones (excluding diaryl/α,β-unsaturated/α-hetero) is 2. The van der Waals surface area contributed by atoms with Crippen LogP contribution in [0.1, 0.15) is 48.7 Å². The number of aryl methyl sites for hydroxylation is 1. The Bertz CT molecular complexity index is 1050. The number of phenols is 2. The molecule has 1 amide bonds. The molecule has 7 heteroatoms. The average molecular weight is 413 g/mol. The van der Waals surface area contributed by atoms with Crippen molar-refractivity contribution in [2.24, 2.45) is 17.6 Å². The molecule has 0 radical (unpaired) electrons. The second-order valence-electron chi connectivity index (χ2n) is 7.23. The van der Waals surface area contributed by atoms with Crippen LogP contribution in [0, 0.1) is 18.8 Å². The van der Waals surface area contributed by atoms with Crippen LogP contribution in [0.3, 0.4) is 0 Å². The summed E-state index contributed by atoms with van der Waals surface area (Å²) in [5, 5.41) is 30.8. The first kappa shape index (κ1) is 22.9. The summed E-state index contributed by atoms with van der Waals surface area (Å²) in [4.78, 5) is 36.5. The van der Waals surface area contributed by atoms with Crippen molar-refractivity contribution in [3.63, 3.8) is 0 Å². The summed E-state index contributed by atoms with van der Waals surface area (Å²) in [7, 11) is 0. The number of carbonyl (C=O) groups is 3. The molecule has 160 valence electrons. The molecule has 7 nitrogen and oxygen atoms in total. The van der Waals surface area contributed by atoms with Gasteiger partial charge in [0.2, 0.25) is 0 Å². The van der Waals surface area contributed by atoms with E-state index in [1.54, 1.807) is 19.1 Å². The fourth-order valence-corrected chi connectivity index (χ4v) is 3.88. The molecule has 0 aliphatic heterocycles. The van der Waals surface area contributed by atoms with E-state index in [4.69, 9.17) is 10.8 Å². The first-order valence-electron chi connectivity index (χ1n) is 9.86. The number of carbonyl (C=O) groups excluding carboxylic acids is 3. The highest BCUT2D eigenvalue weighted by Crippen LogP contribution is 2.44. The van der Waals surface area contributed by atoms with Crippen LogP contribution in [0.2, 0.25) is 0 Å². The average Bonchev–Trinajstić information content (AvgIpc) is 2.70. The molecule has 0 aromatic heterocycles. The van der Waals surface area contributed by atoms with Crippen molar-refractivity contribution in [2.75, 3.05) is 0 Å². The van der Waals surface area contributed by atoms with Gasteiger partial charge in [-0.25, -0.2) is 0 Å². The van der Waals surface area contributed by atoms with E-state index in [1.165, 1.54) is 6.07 Å². The van der Waals surface area contributed by atoms with Crippen molar-refractivity contribution in [3.8, 4) is 11.5 Å². The Kier molecular flexibility index (Phi) is 6.87. The highest BCUT2D eigenvalue weighted by atomic mass is 16.3. The largest absolute Gasteiger partial charge is 0.515 e. The number of aromatic hydroxyl groups is 2. The maximum absolute atomic E-state index is 12.9. The molecule has 0 bridgehead atoms. The maximum Gasteiger partial charge on any atom is 0.255 e. The second-order valence-corrected chi connectivity index (χ2v) is 7.23. The van der Waals surface area contributed by atoms with Crippen LogP contribution >= 0.6 is 0 Å². The van der Waals surface area contributed by atoms with Gasteiger partial charge in [-0.15, -0.1) is 0 Å². The van der Waals surface area contributed by atoms with Gasteiger partial charge >= 0.3 is 0 Å². The lowest BCUT2D eigenvalue weighted by molar-refractivity contribution is -0.121. The maximum atomic E-state index is 12.9. The lowest BCUT2D eigenvalue weighted by atomic mass is 9.72. The molecule has 2 aromatic rings. The molecule has 3 rings (SSSR count). The van der Waals surface area contributed by atoms with Gasteiger partial charge in [-0.05, 0) is 47.9 Å². The number of hydrogen-bond acceptors (Lipinski definition) is 6. The number of hydrogen-bond donors (Lipinski definition) is 4. The number of phenolic OH excluding ortho intramolecular Hbond substituents is 2. The SMILES string of the molecule is CC.Cc1ccc(O)c2c(O)c3c(cc12)CC(CC(=O)/C(=C/O)C(N)=O)C(C)C3=O. The van der Waals surface area contributed by atoms with Crippen LogP contribution in [0.5, 0.6) is 11.5 Å². The van der Waals surface area contributed by atoms with Crippen LogP contribution in [0.4, 0.5) is 0 Å². The van der Waals surface area contributed by atoms with E-state index in [-0.39, 0.29) is 34.7 Å². The molecule has 2 unspecified atom stereocenters. The van der Waals surface area contributed by atoms with Gasteiger partial charge in [0, 0.05) is 12.3 Å². The number of aliphatic hydroxyl groups is 1. The van der Waals surface area contributed by atoms with Gasteiger partial charge in [0.15, 0.2) is 11.6 Å². The van der Waals surface area contributed by atoms with Crippen LogP contribution in [-0.2, 0) is 16.0 Å². The zero-order valence-electron chi connectivity index (χ0n) is 17.5. The summed E-state index contributed by atoms with van der Waals surface area (Å²) in [6, 6.07) is 4.93. The molecule has 30 heavy (non-hydrogen) atoms. The van der Waals surface area contributed by atoms with Gasteiger partial charge < -0.3 is 21.1 Å². The molecular formula is C23H27NO6. The number of aliphatic hydroxyl groups excluding tert-OH is 1. The third-order valence-electron chi connectivity index (χ3n) is 5.55. The Morgan fingerprint density at radius 1 is 1.23 bits per heavy atom. The quantitative estimate of drug-likeness (QED) is 0.262. The van der Waals surface area contributed by atoms with E-state index in [9.17, 15) is 24.6 Å². The van der Waals surface area contributed by atoms with Crippen molar-refractivity contribution in [2.45, 2.75) is 40.5 Å². The lowest BCUT2D eigenvalue weighted by Crippen LogP contribution is -2.32. The zero-order chi connectivity index (χ0) is 22.7. The minimum absolute atomic E-state index is 0.113. The molecule has 0 heterocycles. The molecule has 2 atom stereocenters. The van der Waals surface area contributed by atoms with Crippen LogP contribution in [-0.4, -0.2) is 32.8 Å². The number of nitrogens with two attached hydrogens (primary N) is 1. The summed E-state index contributed by atoms with van der Waals surface area (Å²) in [6.07, 6.45) is 0.572. The number of fused-ring (bicyclic) bond motifs is 2. The molecule has 0 saturated carbocycles. The van der Waals surface area contributed by atoms with Gasteiger partial charge in [0.1, 0.15) is 17.1 Å². The minimum Gasteiger partial charge on any atom is -0.515 e.